The van der Waals surface area contributed by atoms with Crippen molar-refractivity contribution in [2.24, 2.45) is 0 Å². The molecule has 0 unspecified atom stereocenters. The van der Waals surface area contributed by atoms with Crippen LogP contribution in [0.2, 0.25) is 5.02 Å². The maximum atomic E-state index is 13.5. The van der Waals surface area contributed by atoms with Gasteiger partial charge in [0, 0.05) is 5.02 Å². The van der Waals surface area contributed by atoms with Gasteiger partial charge in [-0.25, -0.2) is 12.7 Å². The van der Waals surface area contributed by atoms with Crippen molar-refractivity contribution in [2.75, 3.05) is 4.31 Å². The Hall–Kier alpha value is -2.83. The zero-order valence-corrected chi connectivity index (χ0v) is 18.5. The van der Waals surface area contributed by atoms with Gasteiger partial charge in [0.05, 0.1) is 17.0 Å². The van der Waals surface area contributed by atoms with Crippen LogP contribution in [0.15, 0.2) is 65.6 Å². The van der Waals surface area contributed by atoms with Crippen LogP contribution in [0.1, 0.15) is 22.3 Å². The number of benzene rings is 3. The van der Waals surface area contributed by atoms with Crippen LogP contribution in [0.3, 0.4) is 0 Å². The molecule has 0 saturated heterocycles. The fourth-order valence-electron chi connectivity index (χ4n) is 3.30. The summed E-state index contributed by atoms with van der Waals surface area (Å²) in [7, 11) is -4.18. The van der Waals surface area contributed by atoms with Gasteiger partial charge in [0.1, 0.15) is 5.75 Å². The minimum Gasteiger partial charge on any atom is -0.508 e. The number of rotatable bonds is 5. The zero-order chi connectivity index (χ0) is 22.1. The van der Waals surface area contributed by atoms with E-state index in [0.29, 0.717) is 21.7 Å². The largest absolute Gasteiger partial charge is 0.508 e. The molecule has 0 aliphatic carbocycles. The van der Waals surface area contributed by atoms with Gasteiger partial charge >= 0.3 is 0 Å². The average molecular weight is 444 g/mol. The van der Waals surface area contributed by atoms with E-state index in [4.69, 9.17) is 11.6 Å². The van der Waals surface area contributed by atoms with Gasteiger partial charge in [-0.15, -0.1) is 0 Å². The zero-order valence-electron chi connectivity index (χ0n) is 16.9. The molecule has 156 valence electrons. The maximum absolute atomic E-state index is 13.5. The lowest BCUT2D eigenvalue weighted by molar-refractivity contribution is -0.116. The molecule has 0 aliphatic heterocycles. The average Bonchev–Trinajstić information content (AvgIpc) is 2.66. The van der Waals surface area contributed by atoms with Crippen LogP contribution in [-0.2, 0) is 21.2 Å². The molecule has 7 heteroatoms. The van der Waals surface area contributed by atoms with E-state index in [1.54, 1.807) is 50.2 Å². The van der Waals surface area contributed by atoms with Crippen LogP contribution in [0.25, 0.3) is 0 Å². The standard InChI is InChI=1S/C23H22ClNO4S/c1-15-4-10-21(11-5-15)30(28,29)25(23-16(2)12-20(26)13-17(23)3)22(27)14-18-6-8-19(24)9-7-18/h4-13,26H,14H2,1-3H3. The first kappa shape index (κ1) is 21.9. The molecule has 5 nitrogen and oxygen atoms in total. The van der Waals surface area contributed by atoms with Crippen LogP contribution in [0, 0.1) is 20.8 Å². The Kier molecular flexibility index (Phi) is 6.19. The van der Waals surface area contributed by atoms with Gasteiger partial charge in [-0.3, -0.25) is 4.79 Å². The first-order chi connectivity index (χ1) is 14.1. The Labute approximate surface area is 181 Å². The molecule has 0 saturated carbocycles. The minimum atomic E-state index is -4.18. The van der Waals surface area contributed by atoms with Crippen LogP contribution in [-0.4, -0.2) is 19.4 Å². The van der Waals surface area contributed by atoms with Gasteiger partial charge in [-0.2, -0.15) is 0 Å². The van der Waals surface area contributed by atoms with Gasteiger partial charge in [0.15, 0.2) is 0 Å². The highest BCUT2D eigenvalue weighted by Gasteiger charge is 2.33. The van der Waals surface area contributed by atoms with E-state index in [1.807, 2.05) is 6.92 Å². The lowest BCUT2D eigenvalue weighted by Crippen LogP contribution is -2.39. The third kappa shape index (κ3) is 4.50. The maximum Gasteiger partial charge on any atom is 0.270 e. The summed E-state index contributed by atoms with van der Waals surface area (Å²) in [5.41, 5.74) is 2.75. The van der Waals surface area contributed by atoms with Gasteiger partial charge in [-0.1, -0.05) is 41.4 Å². The molecule has 0 heterocycles. The highest BCUT2D eigenvalue weighted by molar-refractivity contribution is 7.93. The second kappa shape index (κ2) is 8.50. The monoisotopic (exact) mass is 443 g/mol. The molecule has 0 aromatic heterocycles. The number of carbonyl (C=O) groups excluding carboxylic acids is 1. The topological polar surface area (TPSA) is 74.7 Å². The first-order valence-corrected chi connectivity index (χ1v) is 11.1. The molecule has 0 fully saturated rings. The summed E-state index contributed by atoms with van der Waals surface area (Å²) in [5, 5.41) is 10.4. The number of anilines is 1. The first-order valence-electron chi connectivity index (χ1n) is 9.29. The number of halogens is 1. The van der Waals surface area contributed by atoms with Crippen LogP contribution >= 0.6 is 11.6 Å². The number of hydrogen-bond acceptors (Lipinski definition) is 4. The lowest BCUT2D eigenvalue weighted by atomic mass is 10.1. The SMILES string of the molecule is Cc1ccc(S(=O)(=O)N(C(=O)Cc2ccc(Cl)cc2)c2c(C)cc(O)cc2C)cc1. The van der Waals surface area contributed by atoms with Gasteiger partial charge in [0.25, 0.3) is 10.0 Å². The Balaban J connectivity index is 2.15. The van der Waals surface area contributed by atoms with Crippen molar-refractivity contribution in [2.45, 2.75) is 32.1 Å². The van der Waals surface area contributed by atoms with Crippen molar-refractivity contribution in [1.29, 1.82) is 0 Å². The number of carbonyl (C=O) groups is 1. The molecule has 1 N–H and O–H groups in total. The summed E-state index contributed by atoms with van der Waals surface area (Å²) in [4.78, 5) is 13.3. The normalized spacial score (nSPS) is 11.3. The smallest absolute Gasteiger partial charge is 0.270 e. The van der Waals surface area contributed by atoms with E-state index in [1.165, 1.54) is 24.3 Å². The number of amides is 1. The second-order valence-corrected chi connectivity index (χ2v) is 9.43. The number of sulfonamides is 1. The molecule has 3 aromatic carbocycles. The highest BCUT2D eigenvalue weighted by Crippen LogP contribution is 2.33. The summed E-state index contributed by atoms with van der Waals surface area (Å²) in [5.74, 6) is -0.596. The van der Waals surface area contributed by atoms with Crippen LogP contribution in [0.4, 0.5) is 5.69 Å². The molecule has 0 atom stereocenters. The quantitative estimate of drug-likeness (QED) is 0.606. The Bertz CT molecular complexity index is 1160. The Morgan fingerprint density at radius 3 is 2.00 bits per heavy atom. The Morgan fingerprint density at radius 2 is 1.47 bits per heavy atom. The molecule has 3 rings (SSSR count). The van der Waals surface area contributed by atoms with E-state index in [0.717, 1.165) is 9.87 Å². The molecule has 0 radical (unpaired) electrons. The second-order valence-electron chi connectivity index (χ2n) is 7.21. The fraction of sp³-hybridized carbons (Fsp3) is 0.174. The summed E-state index contributed by atoms with van der Waals surface area (Å²) in [6, 6.07) is 15.9. The van der Waals surface area contributed by atoms with Gasteiger partial charge in [0.2, 0.25) is 5.91 Å². The van der Waals surface area contributed by atoms with E-state index in [9.17, 15) is 18.3 Å². The Morgan fingerprint density at radius 1 is 0.933 bits per heavy atom. The summed E-state index contributed by atoms with van der Waals surface area (Å²) < 4.78 is 27.9. The molecular weight excluding hydrogens is 422 g/mol. The highest BCUT2D eigenvalue weighted by atomic mass is 35.5. The van der Waals surface area contributed by atoms with E-state index in [-0.39, 0.29) is 22.8 Å². The van der Waals surface area contributed by atoms with E-state index in [2.05, 4.69) is 0 Å². The number of phenolic OH excluding ortho intramolecular Hbond substituents is 1. The molecule has 30 heavy (non-hydrogen) atoms. The van der Waals surface area contributed by atoms with Crippen molar-refractivity contribution >= 4 is 33.2 Å². The van der Waals surface area contributed by atoms with E-state index < -0.39 is 15.9 Å². The number of hydrogen-bond donors (Lipinski definition) is 1. The third-order valence-electron chi connectivity index (χ3n) is 4.73. The number of aromatic hydroxyl groups is 1. The van der Waals surface area contributed by atoms with E-state index >= 15 is 0 Å². The van der Waals surface area contributed by atoms with Crippen molar-refractivity contribution in [3.63, 3.8) is 0 Å². The molecule has 1 amide bonds. The molecule has 3 aromatic rings. The van der Waals surface area contributed by atoms with Crippen molar-refractivity contribution in [3.8, 4) is 5.75 Å². The van der Waals surface area contributed by atoms with Gasteiger partial charge in [-0.05, 0) is 73.9 Å². The summed E-state index contributed by atoms with van der Waals surface area (Å²) in [6.45, 7) is 5.18. The number of nitrogens with zero attached hydrogens (tertiary/aromatic N) is 1. The number of phenols is 1. The molecule has 0 aliphatic rings. The molecular formula is C23H22ClNO4S. The van der Waals surface area contributed by atoms with Crippen molar-refractivity contribution in [3.05, 3.63) is 87.9 Å². The summed E-state index contributed by atoms with van der Waals surface area (Å²) in [6.07, 6.45) is -0.123. The fourth-order valence-corrected chi connectivity index (χ4v) is 4.97. The van der Waals surface area contributed by atoms with Gasteiger partial charge < -0.3 is 5.11 Å². The third-order valence-corrected chi connectivity index (χ3v) is 6.72. The van der Waals surface area contributed by atoms with Crippen LogP contribution < -0.4 is 4.31 Å². The molecule has 0 bridgehead atoms. The van der Waals surface area contributed by atoms with Crippen molar-refractivity contribution < 1.29 is 18.3 Å². The van der Waals surface area contributed by atoms with Crippen molar-refractivity contribution in [1.82, 2.24) is 0 Å². The minimum absolute atomic E-state index is 0.00610. The lowest BCUT2D eigenvalue weighted by Gasteiger charge is -2.26. The summed E-state index contributed by atoms with van der Waals surface area (Å²) >= 11 is 5.91. The number of aryl methyl sites for hydroxylation is 3. The predicted molar refractivity (Wildman–Crippen MR) is 119 cm³/mol. The predicted octanol–water partition coefficient (Wildman–Crippen LogP) is 4.94. The van der Waals surface area contributed by atoms with Crippen LogP contribution in [0.5, 0.6) is 5.75 Å². The molecule has 0 spiro atoms.